The van der Waals surface area contributed by atoms with Crippen LogP contribution < -0.4 is 9.62 Å². The summed E-state index contributed by atoms with van der Waals surface area (Å²) in [6.07, 6.45) is 0.909. The minimum atomic E-state index is -3.92. The molecule has 0 saturated carbocycles. The summed E-state index contributed by atoms with van der Waals surface area (Å²) in [5, 5.41) is 14.1. The van der Waals surface area contributed by atoms with Gasteiger partial charge in [0.25, 0.3) is 5.69 Å². The molecule has 2 aromatic rings. The van der Waals surface area contributed by atoms with Gasteiger partial charge in [-0.25, -0.2) is 8.42 Å². The molecule has 0 aliphatic rings. The van der Waals surface area contributed by atoms with Crippen molar-refractivity contribution in [3.63, 3.8) is 0 Å². The molecule has 1 N–H and O–H groups in total. The molecule has 0 radical (unpaired) electrons. The number of carbonyl (C=O) groups excluding carboxylic acids is 1. The number of nitrogens with zero attached hydrogens (tertiary/aromatic N) is 2. The van der Waals surface area contributed by atoms with Crippen molar-refractivity contribution in [3.05, 3.63) is 62.6 Å². The second-order valence-corrected chi connectivity index (χ2v) is 8.39. The van der Waals surface area contributed by atoms with Crippen molar-refractivity contribution >= 4 is 56.2 Å². The summed E-state index contributed by atoms with van der Waals surface area (Å²) in [5.41, 5.74) is -0.00861. The van der Waals surface area contributed by atoms with Crippen molar-refractivity contribution in [1.29, 1.82) is 0 Å². The van der Waals surface area contributed by atoms with Crippen LogP contribution in [0, 0.1) is 10.1 Å². The number of hydrogen-bond donors (Lipinski definition) is 1. The highest BCUT2D eigenvalue weighted by Gasteiger charge is 2.30. The molecule has 2 rings (SSSR count). The van der Waals surface area contributed by atoms with E-state index >= 15 is 0 Å². The summed E-state index contributed by atoms with van der Waals surface area (Å²) in [5.74, 6) is -0.662. The molecule has 0 heterocycles. The van der Waals surface area contributed by atoms with Crippen molar-refractivity contribution in [1.82, 2.24) is 0 Å². The number of nitro groups is 1. The third-order valence-electron chi connectivity index (χ3n) is 3.51. The molecule has 0 spiro atoms. The molecule has 8 nitrogen and oxygen atoms in total. The second kappa shape index (κ2) is 8.12. The van der Waals surface area contributed by atoms with Crippen LogP contribution in [-0.2, 0) is 14.8 Å². The number of anilines is 2. The van der Waals surface area contributed by atoms with Gasteiger partial charge in [0, 0.05) is 27.9 Å². The summed E-state index contributed by atoms with van der Waals surface area (Å²) in [6, 6.07) is 8.21. The quantitative estimate of drug-likeness (QED) is 0.553. The first-order valence-electron chi connectivity index (χ1n) is 7.50. The fourth-order valence-electron chi connectivity index (χ4n) is 2.43. The van der Waals surface area contributed by atoms with Gasteiger partial charge in [-0.2, -0.15) is 0 Å². The number of non-ortho nitro benzene ring substituents is 1. The van der Waals surface area contributed by atoms with Gasteiger partial charge in [-0.05, 0) is 31.2 Å². The monoisotopic (exact) mass is 431 g/mol. The van der Waals surface area contributed by atoms with Gasteiger partial charge in [0.1, 0.15) is 6.04 Å². The highest BCUT2D eigenvalue weighted by molar-refractivity contribution is 7.92. The van der Waals surface area contributed by atoms with Gasteiger partial charge in [-0.1, -0.05) is 29.3 Å². The second-order valence-electron chi connectivity index (χ2n) is 5.66. The van der Waals surface area contributed by atoms with Gasteiger partial charge in [0.2, 0.25) is 15.9 Å². The molecule has 0 aliphatic carbocycles. The Bertz CT molecular complexity index is 977. The number of nitrogens with one attached hydrogen (secondary N) is 1. The van der Waals surface area contributed by atoms with E-state index < -0.39 is 26.9 Å². The molecule has 2 aromatic carbocycles. The number of benzene rings is 2. The van der Waals surface area contributed by atoms with Crippen LogP contribution in [0.4, 0.5) is 17.1 Å². The third kappa shape index (κ3) is 5.31. The summed E-state index contributed by atoms with van der Waals surface area (Å²) < 4.78 is 25.3. The minimum Gasteiger partial charge on any atom is -0.324 e. The average molecular weight is 432 g/mol. The van der Waals surface area contributed by atoms with Crippen LogP contribution >= 0.6 is 23.2 Å². The van der Waals surface area contributed by atoms with Crippen LogP contribution in [0.5, 0.6) is 0 Å². The van der Waals surface area contributed by atoms with E-state index in [2.05, 4.69) is 5.32 Å². The van der Waals surface area contributed by atoms with Gasteiger partial charge in [-0.3, -0.25) is 19.2 Å². The molecule has 0 bridgehead atoms. The van der Waals surface area contributed by atoms with Crippen molar-refractivity contribution in [2.45, 2.75) is 13.0 Å². The Labute approximate surface area is 165 Å². The van der Waals surface area contributed by atoms with Crippen molar-refractivity contribution < 1.29 is 18.1 Å². The van der Waals surface area contributed by atoms with E-state index in [1.165, 1.54) is 43.3 Å². The summed E-state index contributed by atoms with van der Waals surface area (Å²) in [4.78, 5) is 22.9. The van der Waals surface area contributed by atoms with E-state index in [9.17, 15) is 23.3 Å². The Morgan fingerprint density at radius 2 is 1.78 bits per heavy atom. The molecular formula is C16H15Cl2N3O5S. The largest absolute Gasteiger partial charge is 0.324 e. The molecule has 1 amide bonds. The van der Waals surface area contributed by atoms with E-state index in [-0.39, 0.29) is 17.1 Å². The Morgan fingerprint density at radius 1 is 1.19 bits per heavy atom. The molecule has 0 aromatic heterocycles. The Morgan fingerprint density at radius 3 is 2.30 bits per heavy atom. The maximum Gasteiger partial charge on any atom is 0.271 e. The lowest BCUT2D eigenvalue weighted by atomic mass is 10.2. The van der Waals surface area contributed by atoms with Gasteiger partial charge in [0.15, 0.2) is 0 Å². The van der Waals surface area contributed by atoms with E-state index in [4.69, 9.17) is 23.2 Å². The topological polar surface area (TPSA) is 110 Å². The first kappa shape index (κ1) is 20.9. The maximum atomic E-state index is 12.6. The highest BCUT2D eigenvalue weighted by atomic mass is 35.5. The molecule has 0 fully saturated rings. The van der Waals surface area contributed by atoms with Crippen LogP contribution in [0.15, 0.2) is 42.5 Å². The SMILES string of the molecule is C[C@@H](C(=O)Nc1cc(Cl)cc(Cl)c1)N(c1cccc([N+](=O)[O-])c1)S(C)(=O)=O. The molecule has 0 aliphatic heterocycles. The molecule has 27 heavy (non-hydrogen) atoms. The van der Waals surface area contributed by atoms with Crippen LogP contribution in [0.3, 0.4) is 0 Å². The molecular weight excluding hydrogens is 417 g/mol. The molecule has 144 valence electrons. The summed E-state index contributed by atoms with van der Waals surface area (Å²) in [7, 11) is -3.92. The van der Waals surface area contributed by atoms with Crippen molar-refractivity contribution in [3.8, 4) is 0 Å². The normalized spacial score (nSPS) is 12.3. The number of hydrogen-bond acceptors (Lipinski definition) is 5. The zero-order valence-electron chi connectivity index (χ0n) is 14.2. The number of sulfonamides is 1. The molecule has 0 saturated heterocycles. The molecule has 11 heteroatoms. The fraction of sp³-hybridized carbons (Fsp3) is 0.188. The van der Waals surface area contributed by atoms with Crippen LogP contribution in [0.2, 0.25) is 10.0 Å². The van der Waals surface area contributed by atoms with Crippen LogP contribution in [-0.4, -0.2) is 31.5 Å². The zero-order chi connectivity index (χ0) is 20.4. The Balaban J connectivity index is 2.37. The lowest BCUT2D eigenvalue weighted by molar-refractivity contribution is -0.384. The lowest BCUT2D eigenvalue weighted by Crippen LogP contribution is -2.45. The molecule has 1 atom stereocenters. The number of amides is 1. The Hall–Kier alpha value is -2.36. The average Bonchev–Trinajstić information content (AvgIpc) is 2.52. The maximum absolute atomic E-state index is 12.6. The Kier molecular flexibility index (Phi) is 6.30. The van der Waals surface area contributed by atoms with E-state index in [0.717, 1.165) is 16.6 Å². The van der Waals surface area contributed by atoms with E-state index in [0.29, 0.717) is 10.0 Å². The van der Waals surface area contributed by atoms with Gasteiger partial charge in [-0.15, -0.1) is 0 Å². The van der Waals surface area contributed by atoms with Crippen LogP contribution in [0.1, 0.15) is 6.92 Å². The van der Waals surface area contributed by atoms with Gasteiger partial charge < -0.3 is 5.32 Å². The minimum absolute atomic E-state index is 0.00141. The first-order chi connectivity index (χ1) is 12.5. The third-order valence-corrected chi connectivity index (χ3v) is 5.19. The number of rotatable bonds is 6. The van der Waals surface area contributed by atoms with Gasteiger partial charge in [0.05, 0.1) is 16.9 Å². The lowest BCUT2D eigenvalue weighted by Gasteiger charge is -2.28. The predicted octanol–water partition coefficient (Wildman–Crippen LogP) is 3.69. The first-order valence-corrected chi connectivity index (χ1v) is 10.1. The fourth-order valence-corrected chi connectivity index (χ4v) is 4.12. The van der Waals surface area contributed by atoms with E-state index in [1.54, 1.807) is 0 Å². The molecule has 0 unspecified atom stereocenters. The zero-order valence-corrected chi connectivity index (χ0v) is 16.5. The van der Waals surface area contributed by atoms with Gasteiger partial charge >= 0.3 is 0 Å². The summed E-state index contributed by atoms with van der Waals surface area (Å²) >= 11 is 11.8. The smallest absolute Gasteiger partial charge is 0.271 e. The number of halogens is 2. The van der Waals surface area contributed by atoms with Crippen LogP contribution in [0.25, 0.3) is 0 Å². The van der Waals surface area contributed by atoms with Crippen molar-refractivity contribution in [2.75, 3.05) is 15.9 Å². The van der Waals surface area contributed by atoms with Crippen molar-refractivity contribution in [2.24, 2.45) is 0 Å². The number of nitro benzene ring substituents is 1. The highest BCUT2D eigenvalue weighted by Crippen LogP contribution is 2.27. The standard InChI is InChI=1S/C16H15Cl2N3O5S/c1-10(16(22)19-13-7-11(17)6-12(18)8-13)20(27(2,25)26)14-4-3-5-15(9-14)21(23)24/h3-10H,1-2H3,(H,19,22)/t10-/m0/s1. The van der Waals surface area contributed by atoms with E-state index in [1.807, 2.05) is 0 Å². The summed E-state index contributed by atoms with van der Waals surface area (Å²) in [6.45, 7) is 1.36. The predicted molar refractivity (Wildman–Crippen MR) is 105 cm³/mol. The number of carbonyl (C=O) groups is 1.